The topological polar surface area (TPSA) is 9.23 Å². The van der Waals surface area contributed by atoms with Crippen molar-refractivity contribution >= 4 is 11.6 Å². The smallest absolute Gasteiger partial charge is 0.128 e. The Kier molecular flexibility index (Phi) is 8.91. The Morgan fingerprint density at radius 2 is 1.85 bits per heavy atom. The normalized spacial score (nSPS) is 9.95. The highest BCUT2D eigenvalue weighted by Gasteiger charge is 2.00. The minimum Gasteiger partial charge on any atom is -0.493 e. The number of ether oxygens (including phenoxy) is 1. The minimum atomic E-state index is -0.329. The Morgan fingerprint density at radius 1 is 1.10 bits per heavy atom. The average molecular weight is 297 g/mol. The van der Waals surface area contributed by atoms with Crippen LogP contribution in [0.4, 0.5) is 4.39 Å². The fraction of sp³-hybridized carbons (Fsp3) is 0.529. The summed E-state index contributed by atoms with van der Waals surface area (Å²) < 4.78 is 19.0. The molecule has 0 saturated carbocycles. The third-order valence-corrected chi connectivity index (χ3v) is 3.07. The number of hydrogen-bond donors (Lipinski definition) is 0. The summed E-state index contributed by atoms with van der Waals surface area (Å²) in [5.74, 6) is 5.96. The molecule has 0 N–H and O–H groups in total. The lowest BCUT2D eigenvalue weighted by Crippen LogP contribution is -1.98. The van der Waals surface area contributed by atoms with Crippen molar-refractivity contribution in [2.75, 3.05) is 12.5 Å². The number of unbranched alkanes of at least 4 members (excludes halogenated alkanes) is 5. The molecule has 0 amide bonds. The molecule has 0 bridgehead atoms. The zero-order chi connectivity index (χ0) is 14.6. The van der Waals surface area contributed by atoms with Crippen LogP contribution < -0.4 is 4.74 Å². The molecule has 0 aliphatic heterocycles. The fourth-order valence-corrected chi connectivity index (χ4v) is 1.99. The first-order chi connectivity index (χ1) is 9.76. The number of benzene rings is 1. The summed E-state index contributed by atoms with van der Waals surface area (Å²) in [4.78, 5) is 0. The van der Waals surface area contributed by atoms with Crippen molar-refractivity contribution in [3.05, 3.63) is 29.6 Å². The summed E-state index contributed by atoms with van der Waals surface area (Å²) in [7, 11) is 0. The van der Waals surface area contributed by atoms with Crippen LogP contribution in [-0.2, 0) is 0 Å². The molecule has 0 aromatic heterocycles. The van der Waals surface area contributed by atoms with Gasteiger partial charge >= 0.3 is 0 Å². The predicted molar refractivity (Wildman–Crippen MR) is 82.9 cm³/mol. The summed E-state index contributed by atoms with van der Waals surface area (Å²) in [6, 6.07) is 4.53. The number of rotatable bonds is 8. The van der Waals surface area contributed by atoms with Gasteiger partial charge in [0.25, 0.3) is 0 Å². The molecule has 0 aliphatic carbocycles. The van der Waals surface area contributed by atoms with Crippen molar-refractivity contribution in [2.24, 2.45) is 0 Å². The molecule has 110 valence electrons. The molecular formula is C17H22ClFO. The Balaban J connectivity index is 2.34. The maximum atomic E-state index is 13.4. The first-order valence-electron chi connectivity index (χ1n) is 7.24. The van der Waals surface area contributed by atoms with Crippen LogP contribution in [0.5, 0.6) is 5.75 Å². The van der Waals surface area contributed by atoms with Gasteiger partial charge in [-0.1, -0.05) is 50.9 Å². The van der Waals surface area contributed by atoms with Gasteiger partial charge in [0.2, 0.25) is 0 Å². The highest BCUT2D eigenvalue weighted by molar-refractivity contribution is 6.19. The molecule has 0 spiro atoms. The second-order valence-electron chi connectivity index (χ2n) is 4.73. The Labute approximate surface area is 126 Å². The zero-order valence-electron chi connectivity index (χ0n) is 12.1. The third kappa shape index (κ3) is 7.40. The van der Waals surface area contributed by atoms with Crippen LogP contribution in [0.25, 0.3) is 0 Å². The van der Waals surface area contributed by atoms with Crippen molar-refractivity contribution < 1.29 is 9.13 Å². The van der Waals surface area contributed by atoms with Gasteiger partial charge in [-0.25, -0.2) is 4.39 Å². The number of alkyl halides is 1. The summed E-state index contributed by atoms with van der Waals surface area (Å²) in [6.07, 6.45) is 7.25. The molecular weight excluding hydrogens is 275 g/mol. The fourth-order valence-electron chi connectivity index (χ4n) is 1.93. The molecule has 0 radical (unpaired) electrons. The van der Waals surface area contributed by atoms with Crippen LogP contribution in [0, 0.1) is 17.7 Å². The molecule has 1 nitrogen and oxygen atoms in total. The highest BCUT2D eigenvalue weighted by atomic mass is 35.5. The van der Waals surface area contributed by atoms with Crippen LogP contribution >= 0.6 is 11.6 Å². The van der Waals surface area contributed by atoms with Crippen molar-refractivity contribution in [2.45, 2.75) is 45.4 Å². The van der Waals surface area contributed by atoms with Gasteiger partial charge in [-0.3, -0.25) is 0 Å². The van der Waals surface area contributed by atoms with Gasteiger partial charge in [0.1, 0.15) is 11.6 Å². The summed E-state index contributed by atoms with van der Waals surface area (Å²) in [5, 5.41) is 0. The summed E-state index contributed by atoms with van der Waals surface area (Å²) >= 11 is 5.49. The van der Waals surface area contributed by atoms with Crippen molar-refractivity contribution in [3.8, 4) is 17.6 Å². The third-order valence-electron chi connectivity index (χ3n) is 2.94. The van der Waals surface area contributed by atoms with E-state index in [0.717, 1.165) is 12.8 Å². The molecule has 0 atom stereocenters. The largest absolute Gasteiger partial charge is 0.493 e. The SMILES string of the molecule is CCCCCCCCOc1cc(F)cc(C#CCCl)c1. The van der Waals surface area contributed by atoms with Crippen LogP contribution in [0.2, 0.25) is 0 Å². The van der Waals surface area contributed by atoms with E-state index in [1.807, 2.05) is 0 Å². The maximum absolute atomic E-state index is 13.4. The molecule has 0 saturated heterocycles. The Hall–Kier alpha value is -1.20. The number of halogens is 2. The lowest BCUT2D eigenvalue weighted by molar-refractivity contribution is 0.303. The molecule has 0 aliphatic rings. The van der Waals surface area contributed by atoms with E-state index in [0.29, 0.717) is 17.9 Å². The van der Waals surface area contributed by atoms with E-state index in [9.17, 15) is 4.39 Å². The number of hydrogen-bond acceptors (Lipinski definition) is 1. The van der Waals surface area contributed by atoms with E-state index in [4.69, 9.17) is 16.3 Å². The maximum Gasteiger partial charge on any atom is 0.128 e. The molecule has 1 aromatic carbocycles. The van der Waals surface area contributed by atoms with Gasteiger partial charge < -0.3 is 4.74 Å². The van der Waals surface area contributed by atoms with Gasteiger partial charge in [-0.05, 0) is 18.6 Å². The molecule has 1 aromatic rings. The second kappa shape index (κ2) is 10.6. The zero-order valence-corrected chi connectivity index (χ0v) is 12.8. The van der Waals surface area contributed by atoms with Crippen LogP contribution in [0.3, 0.4) is 0 Å². The van der Waals surface area contributed by atoms with E-state index >= 15 is 0 Å². The van der Waals surface area contributed by atoms with Crippen molar-refractivity contribution in [1.29, 1.82) is 0 Å². The van der Waals surface area contributed by atoms with Gasteiger partial charge in [-0.15, -0.1) is 11.6 Å². The lowest BCUT2D eigenvalue weighted by Gasteiger charge is -2.07. The molecule has 0 heterocycles. The minimum absolute atomic E-state index is 0.241. The Morgan fingerprint density at radius 3 is 2.60 bits per heavy atom. The quantitative estimate of drug-likeness (QED) is 0.366. The van der Waals surface area contributed by atoms with Gasteiger partial charge in [0, 0.05) is 11.6 Å². The van der Waals surface area contributed by atoms with Crippen molar-refractivity contribution in [1.82, 2.24) is 0 Å². The van der Waals surface area contributed by atoms with E-state index < -0.39 is 0 Å². The van der Waals surface area contributed by atoms with Crippen LogP contribution in [0.1, 0.15) is 51.0 Å². The highest BCUT2D eigenvalue weighted by Crippen LogP contribution is 2.16. The van der Waals surface area contributed by atoms with E-state index in [1.165, 1.54) is 37.8 Å². The van der Waals surface area contributed by atoms with Crippen LogP contribution in [0.15, 0.2) is 18.2 Å². The van der Waals surface area contributed by atoms with Gasteiger partial charge in [0.15, 0.2) is 0 Å². The van der Waals surface area contributed by atoms with Crippen LogP contribution in [-0.4, -0.2) is 12.5 Å². The molecule has 0 fully saturated rings. The standard InChI is InChI=1S/C17H22ClFO/c1-2-3-4-5-6-7-11-20-17-13-15(9-8-10-18)12-16(19)14-17/h12-14H,2-7,10-11H2,1H3. The van der Waals surface area contributed by atoms with Crippen molar-refractivity contribution in [3.63, 3.8) is 0 Å². The van der Waals surface area contributed by atoms with E-state index in [-0.39, 0.29) is 11.7 Å². The van der Waals surface area contributed by atoms with Gasteiger partial charge in [-0.2, -0.15) is 0 Å². The average Bonchev–Trinajstić information content (AvgIpc) is 2.43. The summed E-state index contributed by atoms with van der Waals surface area (Å²) in [6.45, 7) is 2.83. The molecule has 0 unspecified atom stereocenters. The van der Waals surface area contributed by atoms with Gasteiger partial charge in [0.05, 0.1) is 12.5 Å². The summed E-state index contributed by atoms with van der Waals surface area (Å²) in [5.41, 5.74) is 0.601. The molecule has 3 heteroatoms. The monoisotopic (exact) mass is 296 g/mol. The molecule has 20 heavy (non-hydrogen) atoms. The van der Waals surface area contributed by atoms with E-state index in [2.05, 4.69) is 18.8 Å². The van der Waals surface area contributed by atoms with E-state index in [1.54, 1.807) is 6.07 Å². The Bertz CT molecular complexity index is 448. The molecule has 1 rings (SSSR count). The first-order valence-corrected chi connectivity index (χ1v) is 7.78. The lowest BCUT2D eigenvalue weighted by atomic mass is 10.1. The first kappa shape index (κ1) is 16.9. The second-order valence-corrected chi connectivity index (χ2v) is 4.99. The predicted octanol–water partition coefficient (Wildman–Crippen LogP) is 5.16.